The third kappa shape index (κ3) is 3.47. The molecular formula is C26H32N2OS. The average Bonchev–Trinajstić information content (AvgIpc) is 3.25. The van der Waals surface area contributed by atoms with Crippen molar-refractivity contribution in [1.82, 2.24) is 9.55 Å². The molecule has 1 spiro atoms. The molecule has 3 aliphatic carbocycles. The minimum absolute atomic E-state index is 0.142. The Morgan fingerprint density at radius 3 is 2.67 bits per heavy atom. The highest BCUT2D eigenvalue weighted by Crippen LogP contribution is 2.50. The summed E-state index contributed by atoms with van der Waals surface area (Å²) in [6.07, 6.45) is 14.1. The van der Waals surface area contributed by atoms with Gasteiger partial charge in [-0.05, 0) is 43.6 Å². The lowest BCUT2D eigenvalue weighted by Gasteiger charge is -2.37. The van der Waals surface area contributed by atoms with Crippen LogP contribution in [0.15, 0.2) is 46.9 Å². The van der Waals surface area contributed by atoms with Crippen LogP contribution < -0.4 is 5.56 Å². The first kappa shape index (κ1) is 20.1. The van der Waals surface area contributed by atoms with Crippen molar-refractivity contribution in [2.45, 2.75) is 81.3 Å². The molecule has 2 saturated carbocycles. The molecule has 2 fully saturated rings. The molecular weight excluding hydrogens is 388 g/mol. The molecule has 0 unspecified atom stereocenters. The summed E-state index contributed by atoms with van der Waals surface area (Å²) in [6.45, 7) is 4.71. The van der Waals surface area contributed by atoms with Crippen LogP contribution in [0.5, 0.6) is 0 Å². The topological polar surface area (TPSA) is 34.9 Å². The lowest BCUT2D eigenvalue weighted by molar-refractivity contribution is 0.304. The number of fused-ring (bicyclic) bond motifs is 4. The number of thioether (sulfide) groups is 1. The van der Waals surface area contributed by atoms with Crippen LogP contribution in [0, 0.1) is 5.92 Å². The molecule has 0 N–H and O–H groups in total. The van der Waals surface area contributed by atoms with Gasteiger partial charge >= 0.3 is 0 Å². The van der Waals surface area contributed by atoms with E-state index in [1.165, 1.54) is 68.9 Å². The van der Waals surface area contributed by atoms with Gasteiger partial charge in [0, 0.05) is 28.8 Å². The Bertz CT molecular complexity index is 997. The SMILES string of the molecule is C=CCSc1nc2c(c(=O)n1CC1CCCCC1)CC1(CCCC1)c1ccccc1-2. The fraction of sp³-hybridized carbons (Fsp3) is 0.538. The van der Waals surface area contributed by atoms with Gasteiger partial charge in [0.2, 0.25) is 0 Å². The van der Waals surface area contributed by atoms with E-state index in [-0.39, 0.29) is 11.0 Å². The first-order valence-electron chi connectivity index (χ1n) is 11.7. The molecule has 0 bridgehead atoms. The number of hydrogen-bond donors (Lipinski definition) is 0. The van der Waals surface area contributed by atoms with Crippen molar-refractivity contribution in [2.75, 3.05) is 5.75 Å². The van der Waals surface area contributed by atoms with E-state index in [0.717, 1.165) is 35.1 Å². The lowest BCUT2D eigenvalue weighted by Crippen LogP contribution is -2.38. The maximum absolute atomic E-state index is 13.9. The standard InChI is InChI=1S/C26H32N2OS/c1-2-16-30-25-27-23-20-12-6-7-13-22(20)26(14-8-9-15-26)17-21(23)24(29)28(25)18-19-10-4-3-5-11-19/h2,6-7,12-13,19H,1,3-5,8-11,14-18H2. The van der Waals surface area contributed by atoms with Crippen LogP contribution in [0.1, 0.15) is 68.9 Å². The van der Waals surface area contributed by atoms with Gasteiger partial charge in [-0.1, -0.05) is 74.2 Å². The molecule has 0 radical (unpaired) electrons. The van der Waals surface area contributed by atoms with Gasteiger partial charge in [-0.2, -0.15) is 0 Å². The van der Waals surface area contributed by atoms with Crippen LogP contribution in [-0.4, -0.2) is 15.3 Å². The van der Waals surface area contributed by atoms with E-state index in [9.17, 15) is 4.79 Å². The van der Waals surface area contributed by atoms with Gasteiger partial charge < -0.3 is 0 Å². The van der Waals surface area contributed by atoms with E-state index >= 15 is 0 Å². The van der Waals surface area contributed by atoms with Crippen LogP contribution in [0.3, 0.4) is 0 Å². The molecule has 5 rings (SSSR count). The maximum Gasteiger partial charge on any atom is 0.258 e. The maximum atomic E-state index is 13.9. The summed E-state index contributed by atoms with van der Waals surface area (Å²) in [5.74, 6) is 1.39. The Morgan fingerprint density at radius 2 is 1.90 bits per heavy atom. The summed E-state index contributed by atoms with van der Waals surface area (Å²) in [7, 11) is 0. The molecule has 2 aromatic rings. The molecule has 0 saturated heterocycles. The Hall–Kier alpha value is -1.81. The van der Waals surface area contributed by atoms with Crippen molar-refractivity contribution >= 4 is 11.8 Å². The second-order valence-electron chi connectivity index (χ2n) is 9.45. The molecule has 4 heteroatoms. The molecule has 3 aliphatic rings. The first-order valence-corrected chi connectivity index (χ1v) is 12.7. The van der Waals surface area contributed by atoms with Crippen molar-refractivity contribution in [3.05, 3.63) is 58.4 Å². The van der Waals surface area contributed by atoms with E-state index in [1.54, 1.807) is 11.8 Å². The summed E-state index contributed by atoms with van der Waals surface area (Å²) in [5, 5.41) is 0.876. The summed E-state index contributed by atoms with van der Waals surface area (Å²) in [5.41, 5.74) is 4.89. The Kier molecular flexibility index (Phi) is 5.61. The molecule has 0 aliphatic heterocycles. The van der Waals surface area contributed by atoms with Gasteiger partial charge in [0.1, 0.15) is 0 Å². The van der Waals surface area contributed by atoms with Gasteiger partial charge in [0.05, 0.1) is 5.69 Å². The van der Waals surface area contributed by atoms with Crippen molar-refractivity contribution in [3.63, 3.8) is 0 Å². The summed E-state index contributed by atoms with van der Waals surface area (Å²) >= 11 is 1.65. The molecule has 1 aromatic carbocycles. The second-order valence-corrected chi connectivity index (χ2v) is 10.4. The third-order valence-electron chi connectivity index (χ3n) is 7.55. The largest absolute Gasteiger partial charge is 0.287 e. The van der Waals surface area contributed by atoms with E-state index in [0.29, 0.717) is 5.92 Å². The molecule has 0 amide bonds. The zero-order valence-electron chi connectivity index (χ0n) is 17.9. The van der Waals surface area contributed by atoms with E-state index < -0.39 is 0 Å². The van der Waals surface area contributed by atoms with E-state index in [2.05, 4.69) is 30.8 Å². The summed E-state index contributed by atoms with van der Waals surface area (Å²) in [4.78, 5) is 19.1. The quantitative estimate of drug-likeness (QED) is 0.331. The van der Waals surface area contributed by atoms with Gasteiger partial charge in [-0.25, -0.2) is 4.98 Å². The normalized spacial score (nSPS) is 20.1. The zero-order valence-corrected chi connectivity index (χ0v) is 18.7. The highest BCUT2D eigenvalue weighted by molar-refractivity contribution is 7.99. The van der Waals surface area contributed by atoms with Crippen LogP contribution in [0.4, 0.5) is 0 Å². The average molecular weight is 421 g/mol. The number of hydrogen-bond acceptors (Lipinski definition) is 3. The first-order chi connectivity index (χ1) is 14.7. The van der Waals surface area contributed by atoms with Crippen LogP contribution in [0.2, 0.25) is 0 Å². The summed E-state index contributed by atoms with van der Waals surface area (Å²) < 4.78 is 2.03. The monoisotopic (exact) mass is 420 g/mol. The molecule has 3 nitrogen and oxygen atoms in total. The predicted molar refractivity (Wildman–Crippen MR) is 125 cm³/mol. The Morgan fingerprint density at radius 1 is 1.13 bits per heavy atom. The highest BCUT2D eigenvalue weighted by Gasteiger charge is 2.42. The van der Waals surface area contributed by atoms with Crippen molar-refractivity contribution in [3.8, 4) is 11.3 Å². The van der Waals surface area contributed by atoms with Crippen LogP contribution in [-0.2, 0) is 18.4 Å². The minimum atomic E-state index is 0.142. The zero-order chi connectivity index (χ0) is 20.6. The molecule has 1 heterocycles. The molecule has 30 heavy (non-hydrogen) atoms. The second kappa shape index (κ2) is 8.37. The number of nitrogens with zero attached hydrogens (tertiary/aromatic N) is 2. The fourth-order valence-electron chi connectivity index (χ4n) is 6.07. The van der Waals surface area contributed by atoms with Gasteiger partial charge in [-0.3, -0.25) is 9.36 Å². The molecule has 158 valence electrons. The van der Waals surface area contributed by atoms with Gasteiger partial charge in [-0.15, -0.1) is 6.58 Å². The molecule has 1 aromatic heterocycles. The lowest BCUT2D eigenvalue weighted by atomic mass is 9.68. The predicted octanol–water partition coefficient (Wildman–Crippen LogP) is 6.14. The van der Waals surface area contributed by atoms with E-state index in [4.69, 9.17) is 4.98 Å². The number of aromatic nitrogens is 2. The van der Waals surface area contributed by atoms with Crippen molar-refractivity contribution in [1.29, 1.82) is 0 Å². The van der Waals surface area contributed by atoms with Crippen LogP contribution >= 0.6 is 11.8 Å². The van der Waals surface area contributed by atoms with E-state index in [1.807, 2.05) is 10.6 Å². The Labute approximate surface area is 184 Å². The summed E-state index contributed by atoms with van der Waals surface area (Å²) in [6, 6.07) is 8.73. The smallest absolute Gasteiger partial charge is 0.258 e. The molecule has 0 atom stereocenters. The van der Waals surface area contributed by atoms with Crippen molar-refractivity contribution < 1.29 is 0 Å². The third-order valence-corrected chi connectivity index (χ3v) is 8.52. The van der Waals surface area contributed by atoms with Gasteiger partial charge in [0.15, 0.2) is 5.16 Å². The highest BCUT2D eigenvalue weighted by atomic mass is 32.2. The van der Waals surface area contributed by atoms with Gasteiger partial charge in [0.25, 0.3) is 5.56 Å². The Balaban J connectivity index is 1.64. The fourth-order valence-corrected chi connectivity index (χ4v) is 6.81. The minimum Gasteiger partial charge on any atom is -0.287 e. The number of rotatable bonds is 5. The van der Waals surface area contributed by atoms with Crippen molar-refractivity contribution in [2.24, 2.45) is 5.92 Å². The van der Waals surface area contributed by atoms with Crippen LogP contribution in [0.25, 0.3) is 11.3 Å². The number of benzene rings is 1.